The highest BCUT2D eigenvalue weighted by atomic mass is 35.5. The van der Waals surface area contributed by atoms with E-state index in [2.05, 4.69) is 10.3 Å². The van der Waals surface area contributed by atoms with Crippen LogP contribution >= 0.6 is 11.6 Å². The van der Waals surface area contributed by atoms with E-state index < -0.39 is 34.8 Å². The summed E-state index contributed by atoms with van der Waals surface area (Å²) >= 11 is 6.18. The van der Waals surface area contributed by atoms with Gasteiger partial charge in [-0.15, -0.1) is 0 Å². The van der Waals surface area contributed by atoms with E-state index in [-0.39, 0.29) is 30.0 Å². The number of carbonyl (C=O) groups is 1. The summed E-state index contributed by atoms with van der Waals surface area (Å²) in [6.07, 6.45) is -3.35. The van der Waals surface area contributed by atoms with E-state index in [0.717, 1.165) is 12.1 Å². The van der Waals surface area contributed by atoms with Gasteiger partial charge in [0.15, 0.2) is 0 Å². The van der Waals surface area contributed by atoms with E-state index >= 15 is 0 Å². The maximum atomic E-state index is 14.4. The van der Waals surface area contributed by atoms with E-state index in [1.807, 2.05) is 0 Å². The summed E-state index contributed by atoms with van der Waals surface area (Å²) < 4.78 is 56.9. The molecular formula is C24H21ClF4N2O2. The Balaban J connectivity index is 1.78. The Morgan fingerprint density at radius 3 is 2.55 bits per heavy atom. The van der Waals surface area contributed by atoms with E-state index in [0.29, 0.717) is 16.5 Å². The molecule has 1 aliphatic rings. The van der Waals surface area contributed by atoms with Crippen molar-refractivity contribution >= 4 is 34.1 Å². The van der Waals surface area contributed by atoms with Gasteiger partial charge in [0, 0.05) is 27.9 Å². The van der Waals surface area contributed by atoms with Crippen LogP contribution in [0.25, 0.3) is 10.9 Å². The number of hydrogen-bond donors (Lipinski definition) is 2. The molecule has 1 aliphatic carbocycles. The summed E-state index contributed by atoms with van der Waals surface area (Å²) in [4.78, 5) is 17.3. The standard InChI is InChI=1S/C24H21ClF4N2O2/c1-2-20(22(10-11-22)16-9-8-14(26)13-17(16)25)23(33,24(27,28)29)21(32)31-19-7-3-6-18-15(19)5-4-12-30-18/h3-9,12-13,20,33H,2,10-11H2,1H3,(H,31,32). The minimum Gasteiger partial charge on any atom is -0.372 e. The highest BCUT2D eigenvalue weighted by molar-refractivity contribution is 6.31. The highest BCUT2D eigenvalue weighted by Gasteiger charge is 2.70. The van der Waals surface area contributed by atoms with Crippen molar-refractivity contribution in [1.29, 1.82) is 0 Å². The number of benzene rings is 2. The molecule has 9 heteroatoms. The quantitative estimate of drug-likeness (QED) is 0.424. The zero-order valence-electron chi connectivity index (χ0n) is 17.6. The molecule has 0 saturated heterocycles. The largest absolute Gasteiger partial charge is 0.426 e. The first-order valence-electron chi connectivity index (χ1n) is 10.4. The number of nitrogens with one attached hydrogen (secondary N) is 1. The first-order chi connectivity index (χ1) is 15.5. The van der Waals surface area contributed by atoms with Gasteiger partial charge in [-0.1, -0.05) is 30.7 Å². The number of pyridine rings is 1. The second-order valence-corrected chi connectivity index (χ2v) is 8.74. The van der Waals surface area contributed by atoms with Crippen molar-refractivity contribution in [2.75, 3.05) is 5.32 Å². The highest BCUT2D eigenvalue weighted by Crippen LogP contribution is 2.61. The number of aromatic nitrogens is 1. The zero-order chi connectivity index (χ0) is 24.0. The summed E-state index contributed by atoms with van der Waals surface area (Å²) in [6.45, 7) is 1.48. The summed E-state index contributed by atoms with van der Waals surface area (Å²) in [5.74, 6) is -3.75. The van der Waals surface area contributed by atoms with Crippen molar-refractivity contribution in [2.24, 2.45) is 5.92 Å². The van der Waals surface area contributed by atoms with Crippen molar-refractivity contribution in [3.05, 3.63) is 71.1 Å². The van der Waals surface area contributed by atoms with Crippen molar-refractivity contribution in [2.45, 2.75) is 43.4 Å². The summed E-state index contributed by atoms with van der Waals surface area (Å²) in [5, 5.41) is 13.8. The third-order valence-electron chi connectivity index (χ3n) is 6.51. The van der Waals surface area contributed by atoms with Gasteiger partial charge in [0.1, 0.15) is 5.82 Å². The van der Waals surface area contributed by atoms with E-state index in [9.17, 15) is 27.5 Å². The molecule has 3 aromatic rings. The van der Waals surface area contributed by atoms with E-state index in [4.69, 9.17) is 11.6 Å². The summed E-state index contributed by atoms with van der Waals surface area (Å²) in [5.41, 5.74) is -4.04. The van der Waals surface area contributed by atoms with Gasteiger partial charge in [-0.05, 0) is 61.2 Å². The van der Waals surface area contributed by atoms with Gasteiger partial charge in [0.05, 0.1) is 11.2 Å². The summed E-state index contributed by atoms with van der Waals surface area (Å²) in [7, 11) is 0. The lowest BCUT2D eigenvalue weighted by Gasteiger charge is -2.41. The number of nitrogens with zero attached hydrogens (tertiary/aromatic N) is 1. The predicted octanol–water partition coefficient (Wildman–Crippen LogP) is 6.02. The van der Waals surface area contributed by atoms with Crippen LogP contribution in [0.3, 0.4) is 0 Å². The Bertz CT molecular complexity index is 1210. The minimum atomic E-state index is -5.28. The fourth-order valence-corrected chi connectivity index (χ4v) is 5.19. The average molecular weight is 481 g/mol. The van der Waals surface area contributed by atoms with Gasteiger partial charge in [-0.2, -0.15) is 13.2 Å². The molecule has 2 atom stereocenters. The smallest absolute Gasteiger partial charge is 0.372 e. The molecule has 1 saturated carbocycles. The number of anilines is 1. The van der Waals surface area contributed by atoms with Gasteiger partial charge < -0.3 is 10.4 Å². The fourth-order valence-electron chi connectivity index (χ4n) is 4.83. The molecule has 4 rings (SSSR count). The van der Waals surface area contributed by atoms with Crippen LogP contribution in [0.1, 0.15) is 31.7 Å². The molecule has 0 radical (unpaired) electrons. The Hall–Kier alpha value is -2.71. The van der Waals surface area contributed by atoms with Crippen LogP contribution in [0.15, 0.2) is 54.7 Å². The molecule has 2 unspecified atom stereocenters. The Morgan fingerprint density at radius 2 is 1.94 bits per heavy atom. The number of hydrogen-bond acceptors (Lipinski definition) is 3. The van der Waals surface area contributed by atoms with Crippen molar-refractivity contribution in [3.63, 3.8) is 0 Å². The van der Waals surface area contributed by atoms with Crippen molar-refractivity contribution < 1.29 is 27.5 Å². The predicted molar refractivity (Wildman–Crippen MR) is 117 cm³/mol. The average Bonchev–Trinajstić information content (AvgIpc) is 3.54. The first kappa shape index (κ1) is 23.4. The number of carbonyl (C=O) groups excluding carboxylic acids is 1. The lowest BCUT2D eigenvalue weighted by atomic mass is 9.70. The molecule has 0 bridgehead atoms. The topological polar surface area (TPSA) is 62.2 Å². The Kier molecular flexibility index (Phi) is 5.87. The van der Waals surface area contributed by atoms with Gasteiger partial charge in [-0.25, -0.2) is 4.39 Å². The Labute approximate surface area is 192 Å². The van der Waals surface area contributed by atoms with Crippen LogP contribution in [-0.2, 0) is 10.2 Å². The minimum absolute atomic E-state index is 0.0315. The van der Waals surface area contributed by atoms with Gasteiger partial charge >= 0.3 is 6.18 Å². The molecule has 4 nitrogen and oxygen atoms in total. The molecule has 1 heterocycles. The van der Waals surface area contributed by atoms with E-state index in [1.54, 1.807) is 24.3 Å². The molecule has 1 amide bonds. The Morgan fingerprint density at radius 1 is 1.21 bits per heavy atom. The van der Waals surface area contributed by atoms with Crippen LogP contribution in [0.5, 0.6) is 0 Å². The molecule has 0 spiro atoms. The number of alkyl halides is 3. The number of amides is 1. The van der Waals surface area contributed by atoms with Gasteiger partial charge in [-0.3, -0.25) is 9.78 Å². The SMILES string of the molecule is CCC(C1(c2ccc(F)cc2Cl)CC1)C(O)(C(=O)Nc1cccc2ncccc12)C(F)(F)F. The second kappa shape index (κ2) is 8.25. The first-order valence-corrected chi connectivity index (χ1v) is 10.8. The normalized spacial score (nSPS) is 17.9. The third kappa shape index (κ3) is 3.85. The molecule has 1 aromatic heterocycles. The molecule has 2 N–H and O–H groups in total. The van der Waals surface area contributed by atoms with Gasteiger partial charge in [0.2, 0.25) is 5.60 Å². The molecular weight excluding hydrogens is 460 g/mol. The monoisotopic (exact) mass is 480 g/mol. The fraction of sp³-hybridized carbons (Fsp3) is 0.333. The van der Waals surface area contributed by atoms with Gasteiger partial charge in [0.25, 0.3) is 5.91 Å². The molecule has 174 valence electrons. The molecule has 33 heavy (non-hydrogen) atoms. The van der Waals surface area contributed by atoms with Crippen LogP contribution < -0.4 is 5.32 Å². The van der Waals surface area contributed by atoms with Crippen LogP contribution in [0.4, 0.5) is 23.2 Å². The van der Waals surface area contributed by atoms with Crippen molar-refractivity contribution in [1.82, 2.24) is 4.98 Å². The number of rotatable bonds is 6. The third-order valence-corrected chi connectivity index (χ3v) is 6.82. The molecule has 2 aromatic carbocycles. The molecule has 0 aliphatic heterocycles. The lowest BCUT2D eigenvalue weighted by molar-refractivity contribution is -0.270. The second-order valence-electron chi connectivity index (χ2n) is 8.34. The zero-order valence-corrected chi connectivity index (χ0v) is 18.3. The van der Waals surface area contributed by atoms with E-state index in [1.165, 1.54) is 25.3 Å². The molecule has 1 fully saturated rings. The maximum absolute atomic E-state index is 14.4. The summed E-state index contributed by atoms with van der Waals surface area (Å²) in [6, 6.07) is 11.3. The van der Waals surface area contributed by atoms with Crippen molar-refractivity contribution in [3.8, 4) is 0 Å². The number of fused-ring (bicyclic) bond motifs is 1. The van der Waals surface area contributed by atoms with Crippen LogP contribution in [0.2, 0.25) is 5.02 Å². The van der Waals surface area contributed by atoms with Crippen LogP contribution in [-0.4, -0.2) is 27.8 Å². The lowest BCUT2D eigenvalue weighted by Crippen LogP contribution is -2.62. The maximum Gasteiger partial charge on any atom is 0.426 e. The number of halogens is 5. The number of aliphatic hydroxyl groups is 1. The van der Waals surface area contributed by atoms with Crippen LogP contribution in [0, 0.1) is 11.7 Å².